The second-order valence-corrected chi connectivity index (χ2v) is 7.94. The monoisotopic (exact) mass is 450 g/mol. The molecule has 0 aliphatic carbocycles. The topological polar surface area (TPSA) is 59.0 Å². The molecular weight excluding hydrogens is 427 g/mol. The third kappa shape index (κ3) is 4.66. The van der Waals surface area contributed by atoms with Gasteiger partial charge in [0.15, 0.2) is 0 Å². The highest BCUT2D eigenvalue weighted by Crippen LogP contribution is 2.23. The summed E-state index contributed by atoms with van der Waals surface area (Å²) >= 11 is 0. The fraction of sp³-hybridized carbons (Fsp3) is 0.0714. The second-order valence-electron chi connectivity index (χ2n) is 7.94. The van der Waals surface area contributed by atoms with Crippen molar-refractivity contribution in [1.82, 2.24) is 9.55 Å². The smallest absolute Gasteiger partial charge is 0.308 e. The summed E-state index contributed by atoms with van der Waals surface area (Å²) in [4.78, 5) is 17.1. The van der Waals surface area contributed by atoms with Crippen molar-refractivity contribution in [1.29, 1.82) is 0 Å². The van der Waals surface area contributed by atoms with Crippen molar-refractivity contribution in [2.45, 2.75) is 12.8 Å². The average molecular weight is 451 g/mol. The van der Waals surface area contributed by atoms with Gasteiger partial charge in [0.1, 0.15) is 11.6 Å². The van der Waals surface area contributed by atoms with Gasteiger partial charge in [-0.15, -0.1) is 0 Å². The predicted octanol–water partition coefficient (Wildman–Crippen LogP) is 6.59. The van der Waals surface area contributed by atoms with Gasteiger partial charge in [-0.1, -0.05) is 54.6 Å². The van der Waals surface area contributed by atoms with Crippen LogP contribution in [0.3, 0.4) is 0 Å². The molecule has 5 nitrogen and oxygen atoms in total. The van der Waals surface area contributed by atoms with Crippen molar-refractivity contribution in [3.63, 3.8) is 0 Å². The molecule has 1 aromatic heterocycles. The van der Waals surface area contributed by atoms with E-state index >= 15 is 0 Å². The highest BCUT2D eigenvalue weighted by molar-refractivity contribution is 5.99. The molecule has 5 rings (SSSR count). The van der Waals surface area contributed by atoms with E-state index in [0.29, 0.717) is 5.69 Å². The van der Waals surface area contributed by atoms with E-state index in [1.54, 1.807) is 12.1 Å². The first-order valence-electron chi connectivity index (χ1n) is 11.1. The number of para-hydroxylation sites is 4. The molecule has 0 aliphatic rings. The van der Waals surface area contributed by atoms with Crippen LogP contribution in [0.2, 0.25) is 0 Å². The van der Waals surface area contributed by atoms with Crippen LogP contribution in [0.25, 0.3) is 16.7 Å². The fourth-order valence-corrected chi connectivity index (χ4v) is 3.97. The molecule has 0 fully saturated rings. The Kier molecular flexibility index (Phi) is 6.03. The molecule has 0 atom stereocenters. The highest BCUT2D eigenvalue weighted by Gasteiger charge is 2.12. The number of nitrogens with zero attached hydrogens (tertiary/aromatic N) is 2. The Morgan fingerprint density at radius 2 is 1.47 bits per heavy atom. The number of nitrogens with one attached hydrogen (secondary N) is 2. The molecule has 0 radical (unpaired) electrons. The van der Waals surface area contributed by atoms with Gasteiger partial charge in [-0.2, -0.15) is 0 Å². The molecule has 5 aromatic rings. The Labute approximate surface area is 196 Å². The van der Waals surface area contributed by atoms with Crippen molar-refractivity contribution in [2.75, 3.05) is 10.6 Å². The zero-order chi connectivity index (χ0) is 23.3. The van der Waals surface area contributed by atoms with Gasteiger partial charge < -0.3 is 10.6 Å². The summed E-state index contributed by atoms with van der Waals surface area (Å²) in [7, 11) is 0. The van der Waals surface area contributed by atoms with Gasteiger partial charge in [0.2, 0.25) is 0 Å². The molecular formula is C28H23FN4O. The Bertz CT molecular complexity index is 1430. The third-order valence-electron chi connectivity index (χ3n) is 5.62. The largest absolute Gasteiger partial charge is 0.323 e. The van der Waals surface area contributed by atoms with Gasteiger partial charge >= 0.3 is 6.03 Å². The minimum absolute atomic E-state index is 0.137. The summed E-state index contributed by atoms with van der Waals surface area (Å²) in [5.74, 6) is 0.522. The molecule has 0 saturated carbocycles. The number of fused-ring (bicyclic) bond motifs is 1. The lowest BCUT2D eigenvalue weighted by atomic mass is 10.1. The SMILES string of the molecule is O=C(Nc1ccc(CCc2nc3ccccc3n2-c2ccccc2)cc1)Nc1ccccc1F. The number of carbonyl (C=O) groups excluding carboxylic acids is 1. The average Bonchev–Trinajstić information content (AvgIpc) is 3.24. The summed E-state index contributed by atoms with van der Waals surface area (Å²) in [5, 5.41) is 5.25. The number of carbonyl (C=O) groups is 1. The van der Waals surface area contributed by atoms with Crippen LogP contribution in [-0.2, 0) is 12.8 Å². The van der Waals surface area contributed by atoms with Crippen LogP contribution in [0.1, 0.15) is 11.4 Å². The van der Waals surface area contributed by atoms with Gasteiger partial charge in [0.25, 0.3) is 0 Å². The van der Waals surface area contributed by atoms with E-state index in [9.17, 15) is 9.18 Å². The van der Waals surface area contributed by atoms with Crippen molar-refractivity contribution >= 4 is 28.4 Å². The maximum atomic E-state index is 13.7. The van der Waals surface area contributed by atoms with Gasteiger partial charge in [-0.25, -0.2) is 14.2 Å². The molecule has 2 N–H and O–H groups in total. The fourth-order valence-electron chi connectivity index (χ4n) is 3.97. The molecule has 4 aromatic carbocycles. The molecule has 6 heteroatoms. The van der Waals surface area contributed by atoms with Crippen LogP contribution in [0.4, 0.5) is 20.6 Å². The van der Waals surface area contributed by atoms with E-state index in [4.69, 9.17) is 4.98 Å². The first-order chi connectivity index (χ1) is 16.7. The zero-order valence-corrected chi connectivity index (χ0v) is 18.4. The van der Waals surface area contributed by atoms with Crippen LogP contribution < -0.4 is 10.6 Å². The number of aromatic nitrogens is 2. The number of halogens is 1. The van der Waals surface area contributed by atoms with Crippen LogP contribution >= 0.6 is 0 Å². The van der Waals surface area contributed by atoms with Crippen molar-refractivity contribution in [3.05, 3.63) is 120 Å². The Morgan fingerprint density at radius 3 is 2.26 bits per heavy atom. The summed E-state index contributed by atoms with van der Waals surface area (Å²) < 4.78 is 15.9. The van der Waals surface area contributed by atoms with E-state index in [2.05, 4.69) is 33.4 Å². The number of hydrogen-bond acceptors (Lipinski definition) is 2. The number of urea groups is 1. The van der Waals surface area contributed by atoms with Crippen LogP contribution in [0.15, 0.2) is 103 Å². The minimum atomic E-state index is -0.491. The lowest BCUT2D eigenvalue weighted by molar-refractivity contribution is 0.262. The van der Waals surface area contributed by atoms with Crippen molar-refractivity contribution in [3.8, 4) is 5.69 Å². The normalized spacial score (nSPS) is 10.9. The number of hydrogen-bond donors (Lipinski definition) is 2. The number of aryl methyl sites for hydroxylation is 2. The first-order valence-corrected chi connectivity index (χ1v) is 11.1. The molecule has 0 bridgehead atoms. The Hall–Kier alpha value is -4.45. The standard InChI is InChI=1S/C28H23FN4O/c29-23-10-4-5-11-24(23)32-28(34)30-21-17-14-20(15-18-21)16-19-27-31-25-12-6-7-13-26(25)33(27)22-8-2-1-3-9-22/h1-15,17-18H,16,19H2,(H2,30,32,34). The van der Waals surface area contributed by atoms with E-state index < -0.39 is 11.8 Å². The number of anilines is 2. The minimum Gasteiger partial charge on any atom is -0.308 e. The third-order valence-corrected chi connectivity index (χ3v) is 5.62. The number of benzene rings is 4. The maximum absolute atomic E-state index is 13.7. The van der Waals surface area contributed by atoms with Gasteiger partial charge in [-0.3, -0.25) is 4.57 Å². The van der Waals surface area contributed by atoms with Gasteiger partial charge in [-0.05, 0) is 60.5 Å². The van der Waals surface area contributed by atoms with Gasteiger partial charge in [0.05, 0.1) is 16.7 Å². The van der Waals surface area contributed by atoms with Crippen molar-refractivity contribution in [2.24, 2.45) is 0 Å². The highest BCUT2D eigenvalue weighted by atomic mass is 19.1. The molecule has 0 spiro atoms. The summed E-state index contributed by atoms with van der Waals surface area (Å²) in [6, 6.07) is 31.6. The molecule has 34 heavy (non-hydrogen) atoms. The Morgan fingerprint density at radius 1 is 0.765 bits per heavy atom. The summed E-state index contributed by atoms with van der Waals surface area (Å²) in [5.41, 5.74) is 5.05. The molecule has 0 unspecified atom stereocenters. The van der Waals surface area contributed by atoms with Crippen molar-refractivity contribution < 1.29 is 9.18 Å². The predicted molar refractivity (Wildman–Crippen MR) is 134 cm³/mol. The maximum Gasteiger partial charge on any atom is 0.323 e. The number of rotatable bonds is 6. The molecule has 0 saturated heterocycles. The first kappa shape index (κ1) is 21.4. The quantitative estimate of drug-likeness (QED) is 0.306. The van der Waals surface area contributed by atoms with Gasteiger partial charge in [0, 0.05) is 17.8 Å². The van der Waals surface area contributed by atoms with Crippen LogP contribution in [0, 0.1) is 5.82 Å². The lowest BCUT2D eigenvalue weighted by Gasteiger charge is -2.10. The molecule has 1 heterocycles. The van der Waals surface area contributed by atoms with E-state index in [0.717, 1.165) is 41.0 Å². The molecule has 0 aliphatic heterocycles. The Balaban J connectivity index is 1.27. The van der Waals surface area contributed by atoms with Crippen LogP contribution in [-0.4, -0.2) is 15.6 Å². The summed E-state index contributed by atoms with van der Waals surface area (Å²) in [6.45, 7) is 0. The number of imidazole rings is 1. The van der Waals surface area contributed by atoms with Crippen LogP contribution in [0.5, 0.6) is 0 Å². The van der Waals surface area contributed by atoms with E-state index in [-0.39, 0.29) is 5.69 Å². The van der Waals surface area contributed by atoms with E-state index in [1.165, 1.54) is 12.1 Å². The van der Waals surface area contributed by atoms with E-state index in [1.807, 2.05) is 60.7 Å². The molecule has 168 valence electrons. The zero-order valence-electron chi connectivity index (χ0n) is 18.4. The molecule has 2 amide bonds. The summed E-state index contributed by atoms with van der Waals surface area (Å²) in [6.07, 6.45) is 1.57. The second kappa shape index (κ2) is 9.58. The number of amides is 2. The lowest BCUT2D eigenvalue weighted by Crippen LogP contribution is -2.20.